The molecule has 0 amide bonds. The first-order valence-electron chi connectivity index (χ1n) is 3.22. The van der Waals surface area contributed by atoms with Crippen molar-refractivity contribution in [3.8, 4) is 0 Å². The third-order valence-corrected chi connectivity index (χ3v) is 2.94. The van der Waals surface area contributed by atoms with Crippen LogP contribution in [0.1, 0.15) is 5.56 Å². The van der Waals surface area contributed by atoms with Crippen molar-refractivity contribution in [2.24, 2.45) is 0 Å². The Morgan fingerprint density at radius 1 is 1.42 bits per heavy atom. The molecule has 0 radical (unpaired) electrons. The molecule has 0 saturated carbocycles. The molecule has 0 aromatic heterocycles. The number of hydrogen-bond donors (Lipinski definition) is 1. The second-order valence-electron chi connectivity index (χ2n) is 2.46. The minimum Gasteiger partial charge on any atom is -0.399 e. The Morgan fingerprint density at radius 3 is 2.42 bits per heavy atom. The molecule has 0 bridgehead atoms. The molecule has 12 heavy (non-hydrogen) atoms. The van der Waals surface area contributed by atoms with Gasteiger partial charge in [-0.3, -0.25) is 0 Å². The molecule has 0 aliphatic carbocycles. The Kier molecular flexibility index (Phi) is 2.30. The number of nitrogen functional groups attached to an aromatic ring is 1. The molecule has 5 heteroatoms. The minimum absolute atomic E-state index is 0.0733. The van der Waals surface area contributed by atoms with Crippen molar-refractivity contribution in [2.45, 2.75) is 11.8 Å². The van der Waals surface area contributed by atoms with Crippen LogP contribution in [-0.2, 0) is 9.05 Å². The van der Waals surface area contributed by atoms with Gasteiger partial charge in [0.25, 0.3) is 9.05 Å². The predicted octanol–water partition coefficient (Wildman–Crippen LogP) is 1.50. The maximum absolute atomic E-state index is 10.9. The maximum atomic E-state index is 10.9. The highest BCUT2D eigenvalue weighted by molar-refractivity contribution is 8.13. The second-order valence-corrected chi connectivity index (χ2v) is 5.00. The zero-order valence-electron chi connectivity index (χ0n) is 6.41. The number of hydrogen-bond acceptors (Lipinski definition) is 3. The molecule has 0 atom stereocenters. The Morgan fingerprint density at radius 2 is 2.00 bits per heavy atom. The summed E-state index contributed by atoms with van der Waals surface area (Å²) in [6.45, 7) is 1.66. The van der Waals surface area contributed by atoms with Gasteiger partial charge in [0.15, 0.2) is 0 Å². The summed E-state index contributed by atoms with van der Waals surface area (Å²) in [5.41, 5.74) is 6.39. The average Bonchev–Trinajstić information content (AvgIpc) is 1.92. The Bertz CT molecular complexity index is 400. The van der Waals surface area contributed by atoms with Gasteiger partial charge in [-0.15, -0.1) is 0 Å². The third kappa shape index (κ3) is 1.89. The fourth-order valence-electron chi connectivity index (χ4n) is 0.879. The summed E-state index contributed by atoms with van der Waals surface area (Å²) in [5, 5.41) is 0. The third-order valence-electron chi connectivity index (χ3n) is 1.47. The molecule has 1 aromatic carbocycles. The fraction of sp³-hybridized carbons (Fsp3) is 0.143. The lowest BCUT2D eigenvalue weighted by atomic mass is 10.2. The van der Waals surface area contributed by atoms with Gasteiger partial charge >= 0.3 is 0 Å². The fourth-order valence-corrected chi connectivity index (χ4v) is 2.11. The van der Waals surface area contributed by atoms with Crippen molar-refractivity contribution < 1.29 is 8.42 Å². The number of anilines is 1. The van der Waals surface area contributed by atoms with E-state index in [1.165, 1.54) is 6.07 Å². The van der Waals surface area contributed by atoms with Crippen LogP contribution in [0.25, 0.3) is 0 Å². The van der Waals surface area contributed by atoms with Crippen molar-refractivity contribution in [2.75, 3.05) is 5.73 Å². The van der Waals surface area contributed by atoms with Crippen LogP contribution in [0.4, 0.5) is 5.69 Å². The standard InChI is InChI=1S/C7H8ClNO2S/c1-5-2-3-6(9)4-7(5)12(8,10)11/h2-4H,9H2,1H3. The molecule has 1 aromatic rings. The zero-order chi connectivity index (χ0) is 9.35. The minimum atomic E-state index is -3.66. The van der Waals surface area contributed by atoms with E-state index in [4.69, 9.17) is 16.4 Å². The number of halogens is 1. The first-order chi connectivity index (χ1) is 5.41. The molecule has 2 N–H and O–H groups in total. The van der Waals surface area contributed by atoms with Crippen LogP contribution in [0, 0.1) is 6.92 Å². The monoisotopic (exact) mass is 205 g/mol. The lowest BCUT2D eigenvalue weighted by Crippen LogP contribution is -1.96. The summed E-state index contributed by atoms with van der Waals surface area (Å²) in [7, 11) is 1.49. The number of nitrogens with two attached hydrogens (primary N) is 1. The summed E-state index contributed by atoms with van der Waals surface area (Å²) in [6.07, 6.45) is 0. The topological polar surface area (TPSA) is 60.2 Å². The van der Waals surface area contributed by atoms with Crippen LogP contribution in [-0.4, -0.2) is 8.42 Å². The molecule has 0 spiro atoms. The molecule has 3 nitrogen and oxygen atoms in total. The SMILES string of the molecule is Cc1ccc(N)cc1S(=O)(=O)Cl. The van der Waals surface area contributed by atoms with Crippen LogP contribution in [0.2, 0.25) is 0 Å². The van der Waals surface area contributed by atoms with Crippen molar-refractivity contribution in [3.63, 3.8) is 0 Å². The summed E-state index contributed by atoms with van der Waals surface area (Å²) in [6, 6.07) is 4.59. The molecule has 0 aliphatic rings. The van der Waals surface area contributed by atoms with Crippen molar-refractivity contribution >= 4 is 25.4 Å². The summed E-state index contributed by atoms with van der Waals surface area (Å²) in [4.78, 5) is 0.0733. The van der Waals surface area contributed by atoms with E-state index in [-0.39, 0.29) is 4.90 Å². The van der Waals surface area contributed by atoms with Crippen LogP contribution in [0.5, 0.6) is 0 Å². The van der Waals surface area contributed by atoms with Gasteiger partial charge in [-0.25, -0.2) is 8.42 Å². The predicted molar refractivity (Wildman–Crippen MR) is 48.6 cm³/mol. The molecular formula is C7H8ClNO2S. The summed E-state index contributed by atoms with van der Waals surface area (Å²) < 4.78 is 21.8. The summed E-state index contributed by atoms with van der Waals surface area (Å²) >= 11 is 0. The molecular weight excluding hydrogens is 198 g/mol. The quantitative estimate of drug-likeness (QED) is 0.559. The highest BCUT2D eigenvalue weighted by Crippen LogP contribution is 2.21. The molecule has 0 saturated heterocycles. The average molecular weight is 206 g/mol. The Hall–Kier alpha value is -0.740. The molecule has 66 valence electrons. The first kappa shape index (κ1) is 9.35. The Balaban J connectivity index is 3.43. The van der Waals surface area contributed by atoms with Crippen LogP contribution >= 0.6 is 10.7 Å². The normalized spacial score (nSPS) is 11.5. The Labute approximate surface area is 75.6 Å². The van der Waals surface area contributed by atoms with Gasteiger partial charge in [-0.1, -0.05) is 6.07 Å². The highest BCUT2D eigenvalue weighted by Gasteiger charge is 2.12. The van der Waals surface area contributed by atoms with E-state index in [1.54, 1.807) is 19.1 Å². The first-order valence-corrected chi connectivity index (χ1v) is 5.53. The van der Waals surface area contributed by atoms with Crippen LogP contribution < -0.4 is 5.73 Å². The van der Waals surface area contributed by atoms with E-state index < -0.39 is 9.05 Å². The van der Waals surface area contributed by atoms with E-state index in [1.807, 2.05) is 0 Å². The van der Waals surface area contributed by atoms with Gasteiger partial charge in [0.1, 0.15) is 0 Å². The molecule has 1 rings (SSSR count). The molecule has 0 unspecified atom stereocenters. The zero-order valence-corrected chi connectivity index (χ0v) is 7.98. The van der Waals surface area contributed by atoms with Gasteiger partial charge in [0, 0.05) is 16.4 Å². The van der Waals surface area contributed by atoms with Gasteiger partial charge in [-0.05, 0) is 24.6 Å². The van der Waals surface area contributed by atoms with E-state index in [9.17, 15) is 8.42 Å². The van der Waals surface area contributed by atoms with Crippen LogP contribution in [0.15, 0.2) is 23.1 Å². The smallest absolute Gasteiger partial charge is 0.261 e. The molecule has 0 heterocycles. The largest absolute Gasteiger partial charge is 0.399 e. The van der Waals surface area contributed by atoms with Crippen LogP contribution in [0.3, 0.4) is 0 Å². The lowest BCUT2D eigenvalue weighted by Gasteiger charge is -2.01. The summed E-state index contributed by atoms with van der Waals surface area (Å²) in [5.74, 6) is 0. The molecule has 0 aliphatic heterocycles. The second kappa shape index (κ2) is 2.95. The van der Waals surface area contributed by atoms with Crippen molar-refractivity contribution in [1.82, 2.24) is 0 Å². The number of rotatable bonds is 1. The van der Waals surface area contributed by atoms with E-state index in [2.05, 4.69) is 0 Å². The van der Waals surface area contributed by atoms with Crippen molar-refractivity contribution in [1.29, 1.82) is 0 Å². The highest BCUT2D eigenvalue weighted by atomic mass is 35.7. The number of benzene rings is 1. The van der Waals surface area contributed by atoms with E-state index in [0.717, 1.165) is 0 Å². The van der Waals surface area contributed by atoms with Gasteiger partial charge < -0.3 is 5.73 Å². The maximum Gasteiger partial charge on any atom is 0.261 e. The lowest BCUT2D eigenvalue weighted by molar-refractivity contribution is 0.609. The number of aryl methyl sites for hydroxylation is 1. The van der Waals surface area contributed by atoms with E-state index >= 15 is 0 Å². The van der Waals surface area contributed by atoms with Gasteiger partial charge in [0.05, 0.1) is 4.90 Å². The van der Waals surface area contributed by atoms with Gasteiger partial charge in [-0.2, -0.15) is 0 Å². The van der Waals surface area contributed by atoms with Crippen molar-refractivity contribution in [3.05, 3.63) is 23.8 Å². The van der Waals surface area contributed by atoms with Gasteiger partial charge in [0.2, 0.25) is 0 Å². The molecule has 0 fully saturated rings. The van der Waals surface area contributed by atoms with E-state index in [0.29, 0.717) is 11.3 Å².